The average molecular weight is 292 g/mol. The molecule has 2 heterocycles. The number of aromatic nitrogens is 3. The lowest BCUT2D eigenvalue weighted by Gasteiger charge is -2.12. The van der Waals surface area contributed by atoms with Crippen molar-refractivity contribution in [3.63, 3.8) is 0 Å². The number of hydrogen-bond acceptors (Lipinski definition) is 6. The zero-order valence-electron chi connectivity index (χ0n) is 11.9. The first-order valence-electron chi connectivity index (χ1n) is 6.88. The number of nitrogens with two attached hydrogens (primary N) is 1. The van der Waals surface area contributed by atoms with E-state index in [1.165, 1.54) is 6.33 Å². The minimum Gasteiger partial charge on any atom is -0.393 e. The van der Waals surface area contributed by atoms with Gasteiger partial charge in [-0.2, -0.15) is 0 Å². The molecular weight excluding hydrogens is 276 g/mol. The number of nitrogens with zero attached hydrogens (tertiary/aromatic N) is 3. The van der Waals surface area contributed by atoms with E-state index in [4.69, 9.17) is 5.73 Å². The Kier molecular flexibility index (Phi) is 4.10. The largest absolute Gasteiger partial charge is 0.393 e. The third-order valence-electron chi connectivity index (χ3n) is 3.11. The second kappa shape index (κ2) is 6.53. The fourth-order valence-electron chi connectivity index (χ4n) is 1.99. The van der Waals surface area contributed by atoms with Gasteiger partial charge in [-0.15, -0.1) is 0 Å². The third-order valence-corrected chi connectivity index (χ3v) is 3.11. The normalized spacial score (nSPS) is 10.2. The van der Waals surface area contributed by atoms with Gasteiger partial charge in [0.05, 0.1) is 11.9 Å². The zero-order chi connectivity index (χ0) is 15.2. The van der Waals surface area contributed by atoms with Crippen molar-refractivity contribution in [1.29, 1.82) is 0 Å². The second-order valence-electron chi connectivity index (χ2n) is 4.69. The van der Waals surface area contributed by atoms with E-state index in [1.54, 1.807) is 12.4 Å². The van der Waals surface area contributed by atoms with E-state index in [1.807, 2.05) is 42.5 Å². The molecule has 0 bridgehead atoms. The Balaban J connectivity index is 1.74. The van der Waals surface area contributed by atoms with E-state index < -0.39 is 0 Å². The lowest BCUT2D eigenvalue weighted by molar-refractivity contribution is 1.09. The van der Waals surface area contributed by atoms with Gasteiger partial charge in [0.2, 0.25) is 0 Å². The molecule has 2 aromatic heterocycles. The number of benzene rings is 1. The Hall–Kier alpha value is -3.15. The fourth-order valence-corrected chi connectivity index (χ4v) is 1.99. The van der Waals surface area contributed by atoms with Gasteiger partial charge >= 0.3 is 0 Å². The summed E-state index contributed by atoms with van der Waals surface area (Å²) >= 11 is 0. The van der Waals surface area contributed by atoms with Crippen molar-refractivity contribution >= 4 is 23.0 Å². The van der Waals surface area contributed by atoms with Crippen LogP contribution in [0.2, 0.25) is 0 Å². The van der Waals surface area contributed by atoms with Crippen molar-refractivity contribution < 1.29 is 0 Å². The molecule has 0 radical (unpaired) electrons. The molecule has 4 N–H and O–H groups in total. The molecule has 6 nitrogen and oxygen atoms in total. The molecule has 0 spiro atoms. The monoisotopic (exact) mass is 292 g/mol. The molecule has 0 aliphatic rings. The molecule has 0 aliphatic carbocycles. The maximum absolute atomic E-state index is 6.12. The molecule has 0 aliphatic heterocycles. The Bertz CT molecular complexity index is 730. The molecule has 0 unspecified atom stereocenters. The highest BCUT2D eigenvalue weighted by Gasteiger charge is 2.08. The Labute approximate surface area is 128 Å². The maximum atomic E-state index is 6.12. The van der Waals surface area contributed by atoms with Gasteiger partial charge in [-0.1, -0.05) is 30.3 Å². The summed E-state index contributed by atoms with van der Waals surface area (Å²) in [4.78, 5) is 12.4. The van der Waals surface area contributed by atoms with Crippen LogP contribution in [0.5, 0.6) is 0 Å². The summed E-state index contributed by atoms with van der Waals surface area (Å²) in [5, 5.41) is 6.36. The van der Waals surface area contributed by atoms with Gasteiger partial charge in [0.15, 0.2) is 11.6 Å². The number of nitrogens with one attached hydrogen (secondary N) is 2. The minimum absolute atomic E-state index is 0.474. The second-order valence-corrected chi connectivity index (χ2v) is 4.69. The SMILES string of the molecule is Nc1c(NCc2ccccc2)ncnc1Nc1cccnc1. The molecule has 0 saturated carbocycles. The molecule has 0 fully saturated rings. The third kappa shape index (κ3) is 3.29. The molecule has 0 amide bonds. The Morgan fingerprint density at radius 3 is 2.55 bits per heavy atom. The maximum Gasteiger partial charge on any atom is 0.159 e. The quantitative estimate of drug-likeness (QED) is 0.670. The first kappa shape index (κ1) is 13.8. The summed E-state index contributed by atoms with van der Waals surface area (Å²) in [6.45, 7) is 0.647. The predicted molar refractivity (Wildman–Crippen MR) is 87.7 cm³/mol. The van der Waals surface area contributed by atoms with E-state index in [9.17, 15) is 0 Å². The molecule has 22 heavy (non-hydrogen) atoms. The lowest BCUT2D eigenvalue weighted by atomic mass is 10.2. The van der Waals surface area contributed by atoms with E-state index in [0.717, 1.165) is 11.3 Å². The number of pyridine rings is 1. The number of anilines is 4. The van der Waals surface area contributed by atoms with Gasteiger partial charge in [0.1, 0.15) is 12.0 Å². The summed E-state index contributed by atoms with van der Waals surface area (Å²) < 4.78 is 0. The standard InChI is InChI=1S/C16H16N6/c17-14-15(19-9-12-5-2-1-3-6-12)20-11-21-16(14)22-13-7-4-8-18-10-13/h1-8,10-11H,9,17H2,(H2,19,20,21,22). The highest BCUT2D eigenvalue weighted by atomic mass is 15.1. The number of nitrogen functional groups attached to an aromatic ring is 1. The van der Waals surface area contributed by atoms with Crippen molar-refractivity contribution in [2.75, 3.05) is 16.4 Å². The summed E-state index contributed by atoms with van der Waals surface area (Å²) in [7, 11) is 0. The van der Waals surface area contributed by atoms with E-state index in [2.05, 4.69) is 25.6 Å². The molecular formula is C16H16N6. The van der Waals surface area contributed by atoms with E-state index >= 15 is 0 Å². The summed E-state index contributed by atoms with van der Waals surface area (Å²) in [5.74, 6) is 1.16. The van der Waals surface area contributed by atoms with Gasteiger partial charge in [-0.05, 0) is 17.7 Å². The topological polar surface area (TPSA) is 88.8 Å². The van der Waals surface area contributed by atoms with E-state index in [-0.39, 0.29) is 0 Å². The van der Waals surface area contributed by atoms with Gasteiger partial charge in [-0.25, -0.2) is 9.97 Å². The highest BCUT2D eigenvalue weighted by molar-refractivity contribution is 5.77. The van der Waals surface area contributed by atoms with Crippen LogP contribution in [-0.4, -0.2) is 15.0 Å². The van der Waals surface area contributed by atoms with Gasteiger partial charge < -0.3 is 16.4 Å². The van der Waals surface area contributed by atoms with Gasteiger partial charge in [0, 0.05) is 12.7 Å². The molecule has 1 aromatic carbocycles. The van der Waals surface area contributed by atoms with Crippen LogP contribution in [0, 0.1) is 0 Å². The molecule has 3 rings (SSSR count). The zero-order valence-corrected chi connectivity index (χ0v) is 11.9. The van der Waals surface area contributed by atoms with Crippen molar-refractivity contribution in [2.45, 2.75) is 6.54 Å². The first-order chi connectivity index (χ1) is 10.8. The van der Waals surface area contributed by atoms with Crippen LogP contribution in [-0.2, 0) is 6.54 Å². The number of rotatable bonds is 5. The predicted octanol–water partition coefficient (Wildman–Crippen LogP) is 2.81. The van der Waals surface area contributed by atoms with Crippen LogP contribution in [0.3, 0.4) is 0 Å². The summed E-state index contributed by atoms with van der Waals surface area (Å²) in [6.07, 6.45) is 4.89. The molecule has 0 saturated heterocycles. The van der Waals surface area contributed by atoms with Crippen molar-refractivity contribution in [3.05, 3.63) is 66.7 Å². The molecule has 0 atom stereocenters. The van der Waals surface area contributed by atoms with Crippen molar-refractivity contribution in [2.24, 2.45) is 0 Å². The minimum atomic E-state index is 0.474. The van der Waals surface area contributed by atoms with Crippen LogP contribution < -0.4 is 16.4 Å². The van der Waals surface area contributed by atoms with Crippen LogP contribution in [0.15, 0.2) is 61.2 Å². The smallest absolute Gasteiger partial charge is 0.159 e. The molecule has 110 valence electrons. The van der Waals surface area contributed by atoms with Gasteiger partial charge in [-0.3, -0.25) is 4.98 Å². The van der Waals surface area contributed by atoms with Crippen LogP contribution >= 0.6 is 0 Å². The van der Waals surface area contributed by atoms with E-state index in [0.29, 0.717) is 23.9 Å². The Morgan fingerprint density at radius 1 is 0.955 bits per heavy atom. The molecule has 6 heteroatoms. The first-order valence-corrected chi connectivity index (χ1v) is 6.88. The molecule has 3 aromatic rings. The summed E-state index contributed by atoms with van der Waals surface area (Å²) in [6, 6.07) is 13.8. The van der Waals surface area contributed by atoms with Crippen molar-refractivity contribution in [1.82, 2.24) is 15.0 Å². The average Bonchev–Trinajstić information content (AvgIpc) is 2.58. The van der Waals surface area contributed by atoms with Crippen LogP contribution in [0.4, 0.5) is 23.0 Å². The Morgan fingerprint density at radius 2 is 1.77 bits per heavy atom. The lowest BCUT2D eigenvalue weighted by Crippen LogP contribution is -2.08. The van der Waals surface area contributed by atoms with Gasteiger partial charge in [0.25, 0.3) is 0 Å². The number of hydrogen-bond donors (Lipinski definition) is 3. The highest BCUT2D eigenvalue weighted by Crippen LogP contribution is 2.25. The van der Waals surface area contributed by atoms with Crippen LogP contribution in [0.25, 0.3) is 0 Å². The summed E-state index contributed by atoms with van der Waals surface area (Å²) in [5.41, 5.74) is 8.58. The van der Waals surface area contributed by atoms with Crippen LogP contribution in [0.1, 0.15) is 5.56 Å². The van der Waals surface area contributed by atoms with Crippen molar-refractivity contribution in [3.8, 4) is 0 Å². The fraction of sp³-hybridized carbons (Fsp3) is 0.0625.